The highest BCUT2D eigenvalue weighted by atomic mass is 35.5. The first-order chi connectivity index (χ1) is 8.49. The highest BCUT2D eigenvalue weighted by Crippen LogP contribution is 2.13. The van der Waals surface area contributed by atoms with Crippen molar-refractivity contribution in [3.63, 3.8) is 0 Å². The summed E-state index contributed by atoms with van der Waals surface area (Å²) >= 11 is 5.56. The van der Waals surface area contributed by atoms with Crippen LogP contribution in [-0.4, -0.2) is 23.4 Å². The Morgan fingerprint density at radius 3 is 2.56 bits per heavy atom. The van der Waals surface area contributed by atoms with Crippen LogP contribution in [0.2, 0.25) is 5.02 Å². The first kappa shape index (κ1) is 12.5. The molecule has 0 aliphatic heterocycles. The van der Waals surface area contributed by atoms with Gasteiger partial charge in [0.1, 0.15) is 9.92 Å². The zero-order valence-corrected chi connectivity index (χ0v) is 10.4. The van der Waals surface area contributed by atoms with Gasteiger partial charge >= 0.3 is 0 Å². The molecule has 2 aromatic heterocycles. The van der Waals surface area contributed by atoms with Crippen LogP contribution in [0.5, 0.6) is 0 Å². The number of aromatic nitrogens is 3. The number of sulfonamides is 1. The molecule has 18 heavy (non-hydrogen) atoms. The largest absolute Gasteiger partial charge is 0.326 e. The topological polar surface area (TPSA) is 105 Å². The van der Waals surface area contributed by atoms with Gasteiger partial charge in [-0.1, -0.05) is 11.6 Å². The van der Waals surface area contributed by atoms with Gasteiger partial charge in [-0.05, 0) is 12.1 Å². The predicted molar refractivity (Wildman–Crippen MR) is 64.9 cm³/mol. The van der Waals surface area contributed by atoms with Gasteiger partial charge in [-0.15, -0.1) is 0 Å². The van der Waals surface area contributed by atoms with Gasteiger partial charge in [0, 0.05) is 18.6 Å². The normalized spacial score (nSPS) is 11.2. The van der Waals surface area contributed by atoms with Gasteiger partial charge in [0.25, 0.3) is 15.6 Å². The third-order valence-electron chi connectivity index (χ3n) is 1.93. The number of hydrogen-bond acceptors (Lipinski definition) is 5. The van der Waals surface area contributed by atoms with E-state index in [1.165, 1.54) is 12.4 Å². The van der Waals surface area contributed by atoms with Crippen LogP contribution in [0.1, 0.15) is 0 Å². The van der Waals surface area contributed by atoms with Crippen LogP contribution in [0, 0.1) is 0 Å². The molecule has 9 heteroatoms. The van der Waals surface area contributed by atoms with E-state index in [-0.39, 0.29) is 15.9 Å². The van der Waals surface area contributed by atoms with Gasteiger partial charge < -0.3 is 4.98 Å². The maximum Gasteiger partial charge on any atom is 0.266 e. The number of halogens is 1. The zero-order chi connectivity index (χ0) is 13.2. The summed E-state index contributed by atoms with van der Waals surface area (Å²) < 4.78 is 25.9. The van der Waals surface area contributed by atoms with Gasteiger partial charge in [0.05, 0.1) is 0 Å². The van der Waals surface area contributed by atoms with Gasteiger partial charge in [-0.2, -0.15) is 0 Å². The fourth-order valence-corrected chi connectivity index (χ4v) is 2.31. The zero-order valence-electron chi connectivity index (χ0n) is 8.79. The van der Waals surface area contributed by atoms with Crippen LogP contribution in [0.3, 0.4) is 0 Å². The quantitative estimate of drug-likeness (QED) is 0.860. The Morgan fingerprint density at radius 1 is 1.28 bits per heavy atom. The van der Waals surface area contributed by atoms with E-state index < -0.39 is 15.6 Å². The molecule has 2 heterocycles. The third kappa shape index (κ3) is 2.66. The fourth-order valence-electron chi connectivity index (χ4n) is 1.12. The molecule has 94 valence electrons. The maximum atomic E-state index is 11.9. The highest BCUT2D eigenvalue weighted by Gasteiger charge is 2.16. The first-order valence-electron chi connectivity index (χ1n) is 4.67. The SMILES string of the molecule is O=c1[nH]cc(S(=O)(=O)Nc2ncccn2)cc1Cl. The number of rotatable bonds is 3. The Balaban J connectivity index is 2.37. The van der Waals surface area contributed by atoms with Crippen LogP contribution < -0.4 is 10.3 Å². The number of pyridine rings is 1. The summed E-state index contributed by atoms with van der Waals surface area (Å²) in [6.45, 7) is 0. The third-order valence-corrected chi connectivity index (χ3v) is 3.52. The molecule has 7 nitrogen and oxygen atoms in total. The molecule has 0 aliphatic carbocycles. The van der Waals surface area contributed by atoms with Gasteiger partial charge in [0.2, 0.25) is 5.95 Å². The van der Waals surface area contributed by atoms with E-state index in [0.29, 0.717) is 0 Å². The number of nitrogens with one attached hydrogen (secondary N) is 2. The minimum Gasteiger partial charge on any atom is -0.326 e. The molecular weight excluding hydrogens is 280 g/mol. The molecule has 0 saturated heterocycles. The summed E-state index contributed by atoms with van der Waals surface area (Å²) in [4.78, 5) is 20.5. The number of hydrogen-bond donors (Lipinski definition) is 2. The monoisotopic (exact) mass is 286 g/mol. The Labute approximate surface area is 107 Å². The lowest BCUT2D eigenvalue weighted by atomic mass is 10.5. The van der Waals surface area contributed by atoms with Crippen molar-refractivity contribution in [3.05, 3.63) is 46.1 Å². The lowest BCUT2D eigenvalue weighted by Crippen LogP contribution is -2.17. The average molecular weight is 287 g/mol. The van der Waals surface area contributed by atoms with E-state index in [4.69, 9.17) is 11.6 Å². The Morgan fingerprint density at radius 2 is 1.94 bits per heavy atom. The van der Waals surface area contributed by atoms with E-state index >= 15 is 0 Å². The molecule has 0 bridgehead atoms. The Kier molecular flexibility index (Phi) is 3.30. The lowest BCUT2D eigenvalue weighted by molar-refractivity contribution is 0.600. The minimum absolute atomic E-state index is 0.0696. The van der Waals surface area contributed by atoms with Crippen LogP contribution in [-0.2, 0) is 10.0 Å². The molecule has 0 unspecified atom stereocenters. The van der Waals surface area contributed by atoms with E-state index in [9.17, 15) is 13.2 Å². The molecule has 0 saturated carbocycles. The molecule has 0 aromatic carbocycles. The second kappa shape index (κ2) is 4.75. The van der Waals surface area contributed by atoms with Crippen molar-refractivity contribution in [3.8, 4) is 0 Å². The molecule has 0 fully saturated rings. The maximum absolute atomic E-state index is 11.9. The van der Waals surface area contributed by atoms with Crippen molar-refractivity contribution in [1.82, 2.24) is 15.0 Å². The molecule has 0 amide bonds. The summed E-state index contributed by atoms with van der Waals surface area (Å²) in [6.07, 6.45) is 3.83. The summed E-state index contributed by atoms with van der Waals surface area (Å²) in [5.41, 5.74) is -0.563. The van der Waals surface area contributed by atoms with Crippen LogP contribution in [0.25, 0.3) is 0 Å². The second-order valence-electron chi connectivity index (χ2n) is 3.19. The summed E-state index contributed by atoms with van der Waals surface area (Å²) in [5.74, 6) is -0.0696. The lowest BCUT2D eigenvalue weighted by Gasteiger charge is -2.05. The Hall–Kier alpha value is -1.93. The number of H-pyrrole nitrogens is 1. The van der Waals surface area contributed by atoms with Gasteiger partial charge in [-0.3, -0.25) is 4.79 Å². The van der Waals surface area contributed by atoms with Crippen molar-refractivity contribution in [1.29, 1.82) is 0 Å². The van der Waals surface area contributed by atoms with Crippen LogP contribution in [0.15, 0.2) is 40.4 Å². The molecular formula is C9H7ClN4O3S. The summed E-state index contributed by atoms with van der Waals surface area (Å²) in [7, 11) is -3.88. The van der Waals surface area contributed by atoms with Crippen molar-refractivity contribution in [2.45, 2.75) is 4.90 Å². The second-order valence-corrected chi connectivity index (χ2v) is 5.28. The van der Waals surface area contributed by atoms with Crippen molar-refractivity contribution in [2.24, 2.45) is 0 Å². The standard InChI is InChI=1S/C9H7ClN4O3S/c10-7-4-6(5-13-8(7)15)18(16,17)14-9-11-2-1-3-12-9/h1-5H,(H,13,15)(H,11,12,14). The van der Waals surface area contributed by atoms with E-state index in [1.807, 2.05) is 0 Å². The minimum atomic E-state index is -3.88. The van der Waals surface area contributed by atoms with Gasteiger partial charge in [-0.25, -0.2) is 23.1 Å². The molecule has 2 rings (SSSR count). The summed E-state index contributed by atoms with van der Waals surface area (Å²) in [6, 6.07) is 2.60. The molecule has 0 spiro atoms. The number of nitrogens with zero attached hydrogens (tertiary/aromatic N) is 2. The predicted octanol–water partition coefficient (Wildman–Crippen LogP) is 0.619. The fraction of sp³-hybridized carbons (Fsp3) is 0. The summed E-state index contributed by atoms with van der Waals surface area (Å²) in [5, 5.41) is -0.216. The average Bonchev–Trinajstić information content (AvgIpc) is 2.33. The van der Waals surface area contributed by atoms with E-state index in [1.54, 1.807) is 6.07 Å². The molecule has 2 N–H and O–H groups in total. The van der Waals surface area contributed by atoms with Crippen LogP contribution >= 0.6 is 11.6 Å². The smallest absolute Gasteiger partial charge is 0.266 e. The highest BCUT2D eigenvalue weighted by molar-refractivity contribution is 7.92. The number of anilines is 1. The Bertz CT molecular complexity index is 714. The molecule has 0 atom stereocenters. The first-order valence-corrected chi connectivity index (χ1v) is 6.53. The van der Waals surface area contributed by atoms with Crippen LogP contribution in [0.4, 0.5) is 5.95 Å². The van der Waals surface area contributed by atoms with Crippen molar-refractivity contribution < 1.29 is 8.42 Å². The van der Waals surface area contributed by atoms with Crippen molar-refractivity contribution in [2.75, 3.05) is 4.72 Å². The molecule has 2 aromatic rings. The van der Waals surface area contributed by atoms with Gasteiger partial charge in [0.15, 0.2) is 0 Å². The molecule has 0 aliphatic rings. The van der Waals surface area contributed by atoms with Crippen molar-refractivity contribution >= 4 is 27.6 Å². The van der Waals surface area contributed by atoms with E-state index in [0.717, 1.165) is 12.3 Å². The number of aromatic amines is 1. The molecule has 0 radical (unpaired) electrons. The van der Waals surface area contributed by atoms with E-state index in [2.05, 4.69) is 19.7 Å².